The Hall–Kier alpha value is -4.52. The van der Waals surface area contributed by atoms with E-state index in [1.54, 1.807) is 16.7 Å². The number of nitrogens with one attached hydrogen (secondary N) is 1. The van der Waals surface area contributed by atoms with Crippen molar-refractivity contribution in [2.24, 2.45) is 5.10 Å². The number of aromatic nitrogens is 3. The zero-order chi connectivity index (χ0) is 28.7. The molecule has 0 atom stereocenters. The van der Waals surface area contributed by atoms with E-state index in [-0.39, 0.29) is 11.3 Å². The maximum absolute atomic E-state index is 13.2. The maximum Gasteiger partial charge on any atom is 0.417 e. The van der Waals surface area contributed by atoms with Gasteiger partial charge in [-0.05, 0) is 30.3 Å². The molecule has 0 saturated carbocycles. The first-order valence-corrected chi connectivity index (χ1v) is 12.7. The molecule has 1 N–H and O–H groups in total. The van der Waals surface area contributed by atoms with Gasteiger partial charge in [-0.15, -0.1) is 10.2 Å². The molecule has 1 aromatic heterocycles. The van der Waals surface area contributed by atoms with Crippen LogP contribution in [0.1, 0.15) is 11.1 Å². The minimum Gasteiger partial charge on any atom is -0.493 e. The molecule has 4 rings (SSSR count). The summed E-state index contributed by atoms with van der Waals surface area (Å²) >= 11 is 1.08. The Bertz CT molecular complexity index is 1480. The zero-order valence-corrected chi connectivity index (χ0v) is 22.4. The highest BCUT2D eigenvalue weighted by Crippen LogP contribution is 2.41. The second-order valence-corrected chi connectivity index (χ2v) is 9.00. The first kappa shape index (κ1) is 28.5. The Labute approximate surface area is 232 Å². The monoisotopic (exact) mass is 571 g/mol. The van der Waals surface area contributed by atoms with Crippen LogP contribution in [0.5, 0.6) is 17.2 Å². The molecule has 0 aliphatic carbocycles. The summed E-state index contributed by atoms with van der Waals surface area (Å²) in [6.45, 7) is 0. The summed E-state index contributed by atoms with van der Waals surface area (Å²) in [5, 5.41) is 12.7. The third-order valence-electron chi connectivity index (χ3n) is 5.56. The summed E-state index contributed by atoms with van der Waals surface area (Å²) in [5.41, 5.74) is 2.60. The van der Waals surface area contributed by atoms with E-state index >= 15 is 0 Å². The largest absolute Gasteiger partial charge is 0.493 e. The van der Waals surface area contributed by atoms with E-state index in [0.29, 0.717) is 33.8 Å². The number of rotatable bonds is 10. The lowest BCUT2D eigenvalue weighted by molar-refractivity contribution is -0.137. The van der Waals surface area contributed by atoms with Crippen LogP contribution in [0.3, 0.4) is 0 Å². The van der Waals surface area contributed by atoms with E-state index in [2.05, 4.69) is 20.7 Å². The molecule has 0 bridgehead atoms. The van der Waals surface area contributed by atoms with Gasteiger partial charge in [0.15, 0.2) is 22.5 Å². The van der Waals surface area contributed by atoms with Crippen molar-refractivity contribution in [2.75, 3.05) is 27.1 Å². The molecule has 0 saturated heterocycles. The Balaban J connectivity index is 1.58. The number of amides is 1. The predicted octanol–water partition coefficient (Wildman–Crippen LogP) is 5.22. The van der Waals surface area contributed by atoms with Gasteiger partial charge in [-0.1, -0.05) is 48.2 Å². The average Bonchev–Trinajstić information content (AvgIpc) is 3.39. The van der Waals surface area contributed by atoms with Crippen molar-refractivity contribution < 1.29 is 32.2 Å². The molecule has 208 valence electrons. The summed E-state index contributed by atoms with van der Waals surface area (Å²) < 4.78 is 57.7. The number of benzene rings is 3. The third kappa shape index (κ3) is 6.37. The number of thioether (sulfide) groups is 1. The van der Waals surface area contributed by atoms with Crippen molar-refractivity contribution in [3.63, 3.8) is 0 Å². The highest BCUT2D eigenvalue weighted by Gasteiger charge is 2.32. The molecule has 3 aromatic carbocycles. The number of hydrazone groups is 1. The smallest absolute Gasteiger partial charge is 0.417 e. The number of methoxy groups -OCH3 is 3. The van der Waals surface area contributed by atoms with Crippen molar-refractivity contribution in [3.05, 3.63) is 77.9 Å². The van der Waals surface area contributed by atoms with Crippen molar-refractivity contribution in [1.82, 2.24) is 20.2 Å². The predicted molar refractivity (Wildman–Crippen MR) is 144 cm³/mol. The lowest BCUT2D eigenvalue weighted by Gasteiger charge is -2.15. The number of carbonyl (C=O) groups is 1. The van der Waals surface area contributed by atoms with E-state index < -0.39 is 17.6 Å². The Kier molecular flexibility index (Phi) is 8.94. The van der Waals surface area contributed by atoms with Gasteiger partial charge < -0.3 is 14.2 Å². The van der Waals surface area contributed by atoms with E-state index in [0.717, 1.165) is 29.7 Å². The van der Waals surface area contributed by atoms with Crippen LogP contribution in [0.15, 0.2) is 77.0 Å². The summed E-state index contributed by atoms with van der Waals surface area (Å²) in [5.74, 6) is 1.07. The van der Waals surface area contributed by atoms with Gasteiger partial charge in [0.2, 0.25) is 5.75 Å². The average molecular weight is 572 g/mol. The molecular weight excluding hydrogens is 547 g/mol. The first-order valence-electron chi connectivity index (χ1n) is 11.7. The molecule has 9 nitrogen and oxygen atoms in total. The SMILES string of the molecule is COc1cc(-c2nnc(SCC(=O)N/N=C\c3ccccc3C(F)(F)F)n2-c2ccccc2)cc(OC)c1OC. The van der Waals surface area contributed by atoms with E-state index in [9.17, 15) is 18.0 Å². The van der Waals surface area contributed by atoms with Gasteiger partial charge in [0, 0.05) is 16.8 Å². The third-order valence-corrected chi connectivity index (χ3v) is 6.49. The Morgan fingerprint density at radius 1 is 0.975 bits per heavy atom. The molecule has 4 aromatic rings. The van der Waals surface area contributed by atoms with Gasteiger partial charge in [-0.2, -0.15) is 18.3 Å². The molecule has 40 heavy (non-hydrogen) atoms. The van der Waals surface area contributed by atoms with E-state index in [4.69, 9.17) is 14.2 Å². The molecule has 0 aliphatic heterocycles. The van der Waals surface area contributed by atoms with Crippen LogP contribution >= 0.6 is 11.8 Å². The summed E-state index contributed by atoms with van der Waals surface area (Å²) in [7, 11) is 4.52. The van der Waals surface area contributed by atoms with Gasteiger partial charge in [0.25, 0.3) is 5.91 Å². The standard InChI is InChI=1S/C27H24F3N5O4S/c1-37-21-13-18(14-22(38-2)24(21)39-3)25-33-34-26(35(25)19-10-5-4-6-11-19)40-16-23(36)32-31-15-17-9-7-8-12-20(17)27(28,29)30/h4-15H,16H2,1-3H3,(H,32,36)/b31-15-. The molecular formula is C27H24F3N5O4S. The van der Waals surface area contributed by atoms with Crippen molar-refractivity contribution >= 4 is 23.9 Å². The number of carbonyl (C=O) groups excluding carboxylic acids is 1. The van der Waals surface area contributed by atoms with Gasteiger partial charge in [0.1, 0.15) is 0 Å². The number of halogens is 3. The fourth-order valence-electron chi connectivity index (χ4n) is 3.77. The van der Waals surface area contributed by atoms with Crippen LogP contribution in [0, 0.1) is 0 Å². The van der Waals surface area contributed by atoms with Crippen LogP contribution in [-0.2, 0) is 11.0 Å². The van der Waals surface area contributed by atoms with Gasteiger partial charge in [-0.3, -0.25) is 9.36 Å². The number of para-hydroxylation sites is 1. The fourth-order valence-corrected chi connectivity index (χ4v) is 4.52. The number of nitrogens with zero attached hydrogens (tertiary/aromatic N) is 4. The molecule has 1 amide bonds. The topological polar surface area (TPSA) is 99.9 Å². The van der Waals surface area contributed by atoms with Crippen LogP contribution in [0.4, 0.5) is 13.2 Å². The molecule has 0 spiro atoms. The Morgan fingerprint density at radius 3 is 2.25 bits per heavy atom. The molecule has 0 unspecified atom stereocenters. The maximum atomic E-state index is 13.2. The lowest BCUT2D eigenvalue weighted by atomic mass is 10.1. The molecule has 1 heterocycles. The highest BCUT2D eigenvalue weighted by molar-refractivity contribution is 7.99. The minimum absolute atomic E-state index is 0.127. The fraction of sp³-hybridized carbons (Fsp3) is 0.185. The van der Waals surface area contributed by atoms with Crippen LogP contribution in [0.25, 0.3) is 17.1 Å². The number of hydrogen-bond acceptors (Lipinski definition) is 8. The number of hydrogen-bond donors (Lipinski definition) is 1. The first-order chi connectivity index (χ1) is 19.3. The van der Waals surface area contributed by atoms with Gasteiger partial charge in [-0.25, -0.2) is 5.43 Å². The van der Waals surface area contributed by atoms with Crippen LogP contribution < -0.4 is 19.6 Å². The van der Waals surface area contributed by atoms with E-state index in [1.165, 1.54) is 39.5 Å². The summed E-state index contributed by atoms with van der Waals surface area (Å²) in [4.78, 5) is 12.5. The second kappa shape index (κ2) is 12.6. The lowest BCUT2D eigenvalue weighted by Crippen LogP contribution is -2.20. The van der Waals surface area contributed by atoms with Gasteiger partial charge in [0.05, 0.1) is 38.9 Å². The minimum atomic E-state index is -4.54. The quantitative estimate of drug-likeness (QED) is 0.158. The highest BCUT2D eigenvalue weighted by atomic mass is 32.2. The van der Waals surface area contributed by atoms with E-state index in [1.807, 2.05) is 30.3 Å². The normalized spacial score (nSPS) is 11.4. The van der Waals surface area contributed by atoms with Crippen molar-refractivity contribution in [1.29, 1.82) is 0 Å². The molecule has 0 radical (unpaired) electrons. The van der Waals surface area contributed by atoms with Crippen LogP contribution in [0.2, 0.25) is 0 Å². The zero-order valence-electron chi connectivity index (χ0n) is 21.6. The van der Waals surface area contributed by atoms with Crippen molar-refractivity contribution in [3.8, 4) is 34.3 Å². The Morgan fingerprint density at radius 2 is 1.62 bits per heavy atom. The van der Waals surface area contributed by atoms with Crippen LogP contribution in [-0.4, -0.2) is 54.0 Å². The number of ether oxygens (including phenoxy) is 3. The van der Waals surface area contributed by atoms with Gasteiger partial charge >= 0.3 is 6.18 Å². The molecule has 0 fully saturated rings. The molecule has 0 aliphatic rings. The summed E-state index contributed by atoms with van der Waals surface area (Å²) in [6.07, 6.45) is -3.58. The van der Waals surface area contributed by atoms with Crippen molar-refractivity contribution in [2.45, 2.75) is 11.3 Å². The number of alkyl halides is 3. The second-order valence-electron chi connectivity index (χ2n) is 8.06. The molecule has 13 heteroatoms. The summed E-state index contributed by atoms with van der Waals surface area (Å²) in [6, 6.07) is 17.7.